The van der Waals surface area contributed by atoms with Crippen molar-refractivity contribution in [2.24, 2.45) is 0 Å². The first-order valence-corrected chi connectivity index (χ1v) is 6.09. The van der Waals surface area contributed by atoms with Crippen molar-refractivity contribution in [2.45, 2.75) is 0 Å². The molecule has 2 rings (SSSR count). The fourth-order valence-corrected chi connectivity index (χ4v) is 2.15. The quantitative estimate of drug-likeness (QED) is 0.901. The predicted octanol–water partition coefficient (Wildman–Crippen LogP) is 4.55. The third-order valence-electron chi connectivity index (χ3n) is 1.90. The first-order valence-electron chi connectivity index (χ1n) is 4.52. The minimum absolute atomic E-state index is 0.222. The molecule has 2 aromatic rings. The normalized spacial score (nSPS) is 10.2. The summed E-state index contributed by atoms with van der Waals surface area (Å²) in [4.78, 5) is 10.9. The van der Waals surface area contributed by atoms with Crippen molar-refractivity contribution in [3.63, 3.8) is 0 Å². The van der Waals surface area contributed by atoms with Crippen molar-refractivity contribution in [1.29, 1.82) is 0 Å². The molecule has 0 aliphatic heterocycles. The summed E-state index contributed by atoms with van der Waals surface area (Å²) >= 11 is 12.6. The predicted molar refractivity (Wildman–Crippen MR) is 67.8 cm³/mol. The molecule has 0 bridgehead atoms. The van der Waals surface area contributed by atoms with Crippen LogP contribution in [0, 0.1) is 0 Å². The van der Waals surface area contributed by atoms with E-state index in [1.54, 1.807) is 24.3 Å². The van der Waals surface area contributed by atoms with Crippen molar-refractivity contribution >= 4 is 40.5 Å². The fraction of sp³-hybridized carbons (Fsp3) is 0. The molecule has 3 nitrogen and oxygen atoms in total. The van der Waals surface area contributed by atoms with Crippen LogP contribution in [-0.2, 0) is 0 Å². The van der Waals surface area contributed by atoms with E-state index in [1.165, 1.54) is 6.07 Å². The maximum atomic E-state index is 10.7. The van der Waals surface area contributed by atoms with Gasteiger partial charge in [0.05, 0.1) is 10.0 Å². The van der Waals surface area contributed by atoms with E-state index in [0.29, 0.717) is 20.9 Å². The van der Waals surface area contributed by atoms with Gasteiger partial charge < -0.3 is 9.84 Å². The standard InChI is InChI=1S/C11H6Cl2O3S/c12-7-2-1-6(5-8(7)13)16-10-4-3-9(17-10)11(14)15/h1-5H,(H,14,15). The lowest BCUT2D eigenvalue weighted by Crippen LogP contribution is -1.89. The van der Waals surface area contributed by atoms with E-state index in [9.17, 15) is 4.79 Å². The first-order chi connectivity index (χ1) is 8.06. The lowest BCUT2D eigenvalue weighted by atomic mass is 10.3. The fourth-order valence-electron chi connectivity index (χ4n) is 1.15. The number of aromatic carboxylic acids is 1. The number of thiophene rings is 1. The Bertz CT molecular complexity index is 566. The zero-order valence-electron chi connectivity index (χ0n) is 8.31. The van der Waals surface area contributed by atoms with Gasteiger partial charge >= 0.3 is 5.97 Å². The van der Waals surface area contributed by atoms with Crippen molar-refractivity contribution in [2.75, 3.05) is 0 Å². The van der Waals surface area contributed by atoms with Crippen LogP contribution >= 0.6 is 34.5 Å². The van der Waals surface area contributed by atoms with Crippen LogP contribution in [0.4, 0.5) is 0 Å². The molecule has 1 aromatic heterocycles. The van der Waals surface area contributed by atoms with Crippen molar-refractivity contribution < 1.29 is 14.6 Å². The molecule has 0 saturated carbocycles. The van der Waals surface area contributed by atoms with Crippen LogP contribution in [0.1, 0.15) is 9.67 Å². The minimum Gasteiger partial charge on any atom is -0.477 e. The Balaban J connectivity index is 2.19. The van der Waals surface area contributed by atoms with Crippen LogP contribution in [0.5, 0.6) is 10.8 Å². The van der Waals surface area contributed by atoms with Gasteiger partial charge in [0.15, 0.2) is 5.06 Å². The number of ether oxygens (including phenoxy) is 1. The van der Waals surface area contributed by atoms with Crippen molar-refractivity contribution in [3.05, 3.63) is 45.3 Å². The molecule has 0 radical (unpaired) electrons. The van der Waals surface area contributed by atoms with Crippen LogP contribution in [0.2, 0.25) is 10.0 Å². The van der Waals surface area contributed by atoms with Gasteiger partial charge in [-0.25, -0.2) is 4.79 Å². The van der Waals surface area contributed by atoms with Gasteiger partial charge in [-0.2, -0.15) is 0 Å². The van der Waals surface area contributed by atoms with E-state index in [1.807, 2.05) is 0 Å². The highest BCUT2D eigenvalue weighted by Crippen LogP contribution is 2.32. The zero-order chi connectivity index (χ0) is 12.4. The molecule has 0 unspecified atom stereocenters. The number of carbonyl (C=O) groups is 1. The van der Waals surface area contributed by atoms with E-state index in [4.69, 9.17) is 33.0 Å². The smallest absolute Gasteiger partial charge is 0.345 e. The second kappa shape index (κ2) is 4.96. The maximum absolute atomic E-state index is 10.7. The molecule has 0 aliphatic rings. The average molecular weight is 289 g/mol. The van der Waals surface area contributed by atoms with Gasteiger partial charge in [-0.3, -0.25) is 0 Å². The molecule has 1 heterocycles. The van der Waals surface area contributed by atoms with E-state index in [-0.39, 0.29) is 4.88 Å². The summed E-state index contributed by atoms with van der Waals surface area (Å²) in [7, 11) is 0. The summed E-state index contributed by atoms with van der Waals surface area (Å²) in [6.45, 7) is 0. The number of hydrogen-bond donors (Lipinski definition) is 1. The molecular formula is C11H6Cl2O3S. The molecule has 0 fully saturated rings. The van der Waals surface area contributed by atoms with Crippen LogP contribution in [-0.4, -0.2) is 11.1 Å². The Morgan fingerprint density at radius 3 is 2.53 bits per heavy atom. The van der Waals surface area contributed by atoms with Gasteiger partial charge in [-0.1, -0.05) is 34.5 Å². The van der Waals surface area contributed by atoms with Crippen LogP contribution in [0.15, 0.2) is 30.3 Å². The number of hydrogen-bond acceptors (Lipinski definition) is 3. The van der Waals surface area contributed by atoms with Gasteiger partial charge in [-0.15, -0.1) is 0 Å². The second-order valence-corrected chi connectivity index (χ2v) is 4.96. The number of rotatable bonds is 3. The average Bonchev–Trinajstić information content (AvgIpc) is 2.72. The van der Waals surface area contributed by atoms with Gasteiger partial charge in [-0.05, 0) is 24.3 Å². The summed E-state index contributed by atoms with van der Waals surface area (Å²) in [5.41, 5.74) is 0. The molecule has 88 valence electrons. The van der Waals surface area contributed by atoms with Crippen molar-refractivity contribution in [1.82, 2.24) is 0 Å². The third kappa shape index (κ3) is 2.91. The number of carboxylic acid groups (broad SMARTS) is 1. The molecule has 0 amide bonds. The highest BCUT2D eigenvalue weighted by atomic mass is 35.5. The van der Waals surface area contributed by atoms with Crippen LogP contribution in [0.25, 0.3) is 0 Å². The van der Waals surface area contributed by atoms with E-state index in [0.717, 1.165) is 11.3 Å². The van der Waals surface area contributed by atoms with E-state index in [2.05, 4.69) is 0 Å². The number of carboxylic acids is 1. The summed E-state index contributed by atoms with van der Waals surface area (Å²) in [5, 5.41) is 10.1. The zero-order valence-corrected chi connectivity index (χ0v) is 10.6. The Kier molecular flexibility index (Phi) is 3.57. The molecule has 1 aromatic carbocycles. The molecule has 0 spiro atoms. The minimum atomic E-state index is -0.973. The number of halogens is 2. The van der Waals surface area contributed by atoms with E-state index >= 15 is 0 Å². The van der Waals surface area contributed by atoms with Crippen molar-refractivity contribution in [3.8, 4) is 10.8 Å². The van der Waals surface area contributed by atoms with Gasteiger partial charge in [0.25, 0.3) is 0 Å². The highest BCUT2D eigenvalue weighted by molar-refractivity contribution is 7.15. The van der Waals surface area contributed by atoms with Gasteiger partial charge in [0, 0.05) is 6.07 Å². The molecule has 0 aliphatic carbocycles. The lowest BCUT2D eigenvalue weighted by molar-refractivity contribution is 0.0702. The van der Waals surface area contributed by atoms with Gasteiger partial charge in [0.1, 0.15) is 10.6 Å². The Morgan fingerprint density at radius 2 is 1.94 bits per heavy atom. The Morgan fingerprint density at radius 1 is 1.18 bits per heavy atom. The summed E-state index contributed by atoms with van der Waals surface area (Å²) < 4.78 is 5.46. The van der Waals surface area contributed by atoms with E-state index < -0.39 is 5.97 Å². The molecule has 0 saturated heterocycles. The second-order valence-electron chi connectivity index (χ2n) is 3.10. The summed E-state index contributed by atoms with van der Waals surface area (Å²) in [5.74, 6) is -0.461. The molecule has 0 atom stereocenters. The Labute approximate surface area is 111 Å². The number of benzene rings is 1. The van der Waals surface area contributed by atoms with Crippen LogP contribution in [0.3, 0.4) is 0 Å². The maximum Gasteiger partial charge on any atom is 0.345 e. The third-order valence-corrected chi connectivity index (χ3v) is 3.59. The summed E-state index contributed by atoms with van der Waals surface area (Å²) in [6, 6.07) is 7.93. The molecule has 6 heteroatoms. The molecule has 17 heavy (non-hydrogen) atoms. The highest BCUT2D eigenvalue weighted by Gasteiger charge is 2.09. The molecular weight excluding hydrogens is 283 g/mol. The van der Waals surface area contributed by atoms with Crippen LogP contribution < -0.4 is 4.74 Å². The Hall–Kier alpha value is -1.23. The lowest BCUT2D eigenvalue weighted by Gasteiger charge is -2.03. The largest absolute Gasteiger partial charge is 0.477 e. The monoisotopic (exact) mass is 288 g/mol. The first kappa shape index (κ1) is 12.2. The molecule has 1 N–H and O–H groups in total. The summed E-state index contributed by atoms with van der Waals surface area (Å²) in [6.07, 6.45) is 0. The SMILES string of the molecule is O=C(O)c1ccc(Oc2ccc(Cl)c(Cl)c2)s1. The topological polar surface area (TPSA) is 46.5 Å². The van der Waals surface area contributed by atoms with Gasteiger partial charge in [0.2, 0.25) is 0 Å².